The summed E-state index contributed by atoms with van der Waals surface area (Å²) >= 11 is 0. The summed E-state index contributed by atoms with van der Waals surface area (Å²) in [6.45, 7) is 1.99. The first-order valence-electron chi connectivity index (χ1n) is 10.0. The van der Waals surface area contributed by atoms with Crippen LogP contribution in [0.1, 0.15) is 36.8 Å². The number of rotatable bonds is 6. The Morgan fingerprint density at radius 1 is 1.35 bits per heavy atom. The quantitative estimate of drug-likeness (QED) is 0.757. The maximum atomic E-state index is 12.8. The molecule has 162 valence electrons. The van der Waals surface area contributed by atoms with Crippen molar-refractivity contribution in [2.75, 3.05) is 0 Å². The van der Waals surface area contributed by atoms with Crippen molar-refractivity contribution in [3.63, 3.8) is 0 Å². The van der Waals surface area contributed by atoms with Gasteiger partial charge in [0.15, 0.2) is 17.6 Å². The van der Waals surface area contributed by atoms with E-state index in [2.05, 4.69) is 31.6 Å². The van der Waals surface area contributed by atoms with Crippen LogP contribution in [0.2, 0.25) is 0 Å². The molecule has 0 saturated carbocycles. The molecule has 0 radical (unpaired) electrons. The molecule has 8 nitrogen and oxygen atoms in total. The van der Waals surface area contributed by atoms with Crippen LogP contribution in [-0.4, -0.2) is 49.2 Å². The van der Waals surface area contributed by atoms with Crippen molar-refractivity contribution in [2.45, 2.75) is 57.4 Å². The minimum atomic E-state index is -4.37. The first kappa shape index (κ1) is 20.8. The molecule has 2 aliphatic rings. The summed E-state index contributed by atoms with van der Waals surface area (Å²) in [6.07, 6.45) is 5.18. The molecule has 2 atom stereocenters. The van der Waals surface area contributed by atoms with Crippen LogP contribution < -0.4 is 5.32 Å². The molecule has 31 heavy (non-hydrogen) atoms. The number of dihydropyridines is 1. The molecule has 0 spiro atoms. The number of hydrogen-bond acceptors (Lipinski definition) is 7. The van der Waals surface area contributed by atoms with Crippen molar-refractivity contribution in [1.82, 2.24) is 29.9 Å². The number of halogens is 3. The molecular weight excluding hydrogens is 409 g/mol. The molecule has 11 heteroatoms. The molecule has 1 N–H and O–H groups in total. The summed E-state index contributed by atoms with van der Waals surface area (Å²) in [5.41, 5.74) is 2.52. The molecule has 0 amide bonds. The number of hydrogen-bond donors (Lipinski definition) is 1. The van der Waals surface area contributed by atoms with Crippen LogP contribution in [0.4, 0.5) is 13.2 Å². The number of nitrogens with zero attached hydrogens (tertiary/aromatic N) is 7. The lowest BCUT2D eigenvalue weighted by Gasteiger charge is -2.33. The van der Waals surface area contributed by atoms with E-state index in [0.717, 1.165) is 17.7 Å². The highest BCUT2D eigenvalue weighted by molar-refractivity contribution is 5.60. The fraction of sp³-hybridized carbons (Fsp3) is 0.450. The largest absolute Gasteiger partial charge is 0.396 e. The SMILES string of the molecule is CCCc1c(CC2CC=NN2C2NC=CC=C2C#N)ncn2nc(CC(F)(F)F)nc12. The first-order valence-corrected chi connectivity index (χ1v) is 10.0. The first-order chi connectivity index (χ1) is 14.9. The van der Waals surface area contributed by atoms with Gasteiger partial charge in [-0.15, -0.1) is 5.10 Å². The van der Waals surface area contributed by atoms with Gasteiger partial charge in [-0.3, -0.25) is 5.01 Å². The summed E-state index contributed by atoms with van der Waals surface area (Å²) in [5, 5.41) is 22.8. The lowest BCUT2D eigenvalue weighted by Crippen LogP contribution is -2.46. The highest BCUT2D eigenvalue weighted by atomic mass is 19.4. The maximum Gasteiger partial charge on any atom is 0.396 e. The molecule has 2 aromatic rings. The summed E-state index contributed by atoms with van der Waals surface area (Å²) in [5.74, 6) is -0.267. The minimum absolute atomic E-state index is 0.0520. The third-order valence-electron chi connectivity index (χ3n) is 5.18. The van der Waals surface area contributed by atoms with Crippen molar-refractivity contribution in [2.24, 2.45) is 5.10 Å². The Morgan fingerprint density at radius 2 is 2.19 bits per heavy atom. The highest BCUT2D eigenvalue weighted by Crippen LogP contribution is 2.26. The Kier molecular flexibility index (Phi) is 5.63. The molecule has 0 aliphatic carbocycles. The number of fused-ring (bicyclic) bond motifs is 1. The average Bonchev–Trinajstić information content (AvgIpc) is 3.35. The molecule has 0 aromatic carbocycles. The second kappa shape index (κ2) is 8.37. The van der Waals surface area contributed by atoms with Crippen molar-refractivity contribution < 1.29 is 13.2 Å². The molecule has 0 bridgehead atoms. The van der Waals surface area contributed by atoms with Crippen LogP contribution in [0, 0.1) is 11.3 Å². The van der Waals surface area contributed by atoms with E-state index in [1.807, 2.05) is 11.9 Å². The minimum Gasteiger partial charge on any atom is -0.366 e. The highest BCUT2D eigenvalue weighted by Gasteiger charge is 2.33. The normalized spacial score (nSPS) is 20.7. The van der Waals surface area contributed by atoms with Gasteiger partial charge in [-0.05, 0) is 24.8 Å². The number of allylic oxidation sites excluding steroid dienone is 2. The van der Waals surface area contributed by atoms with E-state index in [1.165, 1.54) is 10.8 Å². The predicted molar refractivity (Wildman–Crippen MR) is 107 cm³/mol. The number of hydrazone groups is 1. The van der Waals surface area contributed by atoms with Gasteiger partial charge in [0.25, 0.3) is 0 Å². The Morgan fingerprint density at radius 3 is 2.94 bits per heavy atom. The van der Waals surface area contributed by atoms with Gasteiger partial charge in [0, 0.05) is 24.6 Å². The van der Waals surface area contributed by atoms with Crippen LogP contribution in [-0.2, 0) is 19.3 Å². The molecule has 4 rings (SSSR count). The molecule has 2 aliphatic heterocycles. The number of alkyl halides is 3. The van der Waals surface area contributed by atoms with E-state index in [0.29, 0.717) is 30.5 Å². The maximum absolute atomic E-state index is 12.8. The molecule has 0 fully saturated rings. The fourth-order valence-corrected chi connectivity index (χ4v) is 3.86. The second-order valence-electron chi connectivity index (χ2n) is 7.44. The van der Waals surface area contributed by atoms with E-state index >= 15 is 0 Å². The zero-order valence-corrected chi connectivity index (χ0v) is 16.8. The fourth-order valence-electron chi connectivity index (χ4n) is 3.86. The average molecular weight is 430 g/mol. The van der Waals surface area contributed by atoms with Gasteiger partial charge in [-0.1, -0.05) is 13.3 Å². The third-order valence-corrected chi connectivity index (χ3v) is 5.18. The van der Waals surface area contributed by atoms with Crippen molar-refractivity contribution in [1.29, 1.82) is 5.26 Å². The Balaban J connectivity index is 1.63. The number of aryl methyl sites for hydroxylation is 1. The molecular formula is C20H21F3N8. The van der Waals surface area contributed by atoms with Crippen LogP contribution in [0.3, 0.4) is 0 Å². The topological polar surface area (TPSA) is 94.5 Å². The van der Waals surface area contributed by atoms with E-state index in [4.69, 9.17) is 0 Å². The van der Waals surface area contributed by atoms with Gasteiger partial charge in [-0.2, -0.15) is 23.5 Å². The number of aromatic nitrogens is 4. The summed E-state index contributed by atoms with van der Waals surface area (Å²) < 4.78 is 39.7. The standard InChI is InChI=1S/C20H21F3N8/c1-2-4-15-16(26-12-30-19(15)28-17(29-30)10-20(21,22)23)9-14-6-8-27-31(14)18-13(11-24)5-3-7-25-18/h3,5,7-8,12,14,18,25H,2,4,6,9-10H2,1H3. The van der Waals surface area contributed by atoms with Gasteiger partial charge < -0.3 is 5.32 Å². The lowest BCUT2D eigenvalue weighted by atomic mass is 10.0. The lowest BCUT2D eigenvalue weighted by molar-refractivity contribution is -0.128. The summed E-state index contributed by atoms with van der Waals surface area (Å²) in [4.78, 5) is 8.66. The monoisotopic (exact) mass is 430 g/mol. The number of nitrogens with one attached hydrogen (secondary N) is 1. The molecule has 2 unspecified atom stereocenters. The second-order valence-corrected chi connectivity index (χ2v) is 7.44. The van der Waals surface area contributed by atoms with Crippen LogP contribution >= 0.6 is 0 Å². The molecule has 0 saturated heterocycles. The Labute approximate surface area is 176 Å². The van der Waals surface area contributed by atoms with Crippen LogP contribution in [0.5, 0.6) is 0 Å². The predicted octanol–water partition coefficient (Wildman–Crippen LogP) is 2.68. The molecule has 4 heterocycles. The Bertz CT molecular complexity index is 1090. The Hall–Kier alpha value is -3.42. The van der Waals surface area contributed by atoms with E-state index in [9.17, 15) is 18.4 Å². The van der Waals surface area contributed by atoms with Gasteiger partial charge in [0.05, 0.1) is 23.4 Å². The number of nitriles is 1. The zero-order chi connectivity index (χ0) is 22.0. The van der Waals surface area contributed by atoms with Gasteiger partial charge in [0.1, 0.15) is 12.7 Å². The van der Waals surface area contributed by atoms with Gasteiger partial charge in [-0.25, -0.2) is 14.5 Å². The van der Waals surface area contributed by atoms with Crippen LogP contribution in [0.15, 0.2) is 35.4 Å². The van der Waals surface area contributed by atoms with E-state index < -0.39 is 12.6 Å². The van der Waals surface area contributed by atoms with Gasteiger partial charge in [0.2, 0.25) is 0 Å². The smallest absolute Gasteiger partial charge is 0.366 e. The van der Waals surface area contributed by atoms with Crippen molar-refractivity contribution in [3.05, 3.63) is 47.3 Å². The summed E-state index contributed by atoms with van der Waals surface area (Å²) in [6, 6.07) is 2.14. The zero-order valence-electron chi connectivity index (χ0n) is 16.8. The van der Waals surface area contributed by atoms with E-state index in [1.54, 1.807) is 24.6 Å². The molecule has 2 aromatic heterocycles. The van der Waals surface area contributed by atoms with Crippen LogP contribution in [0.25, 0.3) is 5.65 Å². The summed E-state index contributed by atoms with van der Waals surface area (Å²) in [7, 11) is 0. The van der Waals surface area contributed by atoms with Crippen molar-refractivity contribution in [3.8, 4) is 6.07 Å². The third kappa shape index (κ3) is 4.38. The van der Waals surface area contributed by atoms with Gasteiger partial charge >= 0.3 is 6.18 Å². The van der Waals surface area contributed by atoms with Crippen molar-refractivity contribution >= 4 is 11.9 Å². The van der Waals surface area contributed by atoms with E-state index in [-0.39, 0.29) is 18.0 Å².